The first kappa shape index (κ1) is 11.2. The first-order valence-corrected chi connectivity index (χ1v) is 6.38. The lowest BCUT2D eigenvalue weighted by atomic mass is 10.1. The molecule has 0 spiro atoms. The maximum absolute atomic E-state index is 11.0. The lowest BCUT2D eigenvalue weighted by Gasteiger charge is -2.00. The van der Waals surface area contributed by atoms with Gasteiger partial charge in [-0.1, -0.05) is 18.2 Å². The molecule has 0 aliphatic carbocycles. The molecule has 0 amide bonds. The van der Waals surface area contributed by atoms with Crippen molar-refractivity contribution in [3.63, 3.8) is 0 Å². The fourth-order valence-electron chi connectivity index (χ4n) is 1.08. The van der Waals surface area contributed by atoms with Crippen molar-refractivity contribution < 1.29 is 13.2 Å². The van der Waals surface area contributed by atoms with Crippen molar-refractivity contribution in [2.75, 3.05) is 0 Å². The van der Waals surface area contributed by atoms with Crippen LogP contribution in [-0.4, -0.2) is 14.2 Å². The molecule has 0 heterocycles. The van der Waals surface area contributed by atoms with E-state index in [1.54, 1.807) is 18.2 Å². The summed E-state index contributed by atoms with van der Waals surface area (Å²) < 4.78 is 21.5. The van der Waals surface area contributed by atoms with Gasteiger partial charge in [-0.05, 0) is 18.6 Å². The second-order valence-corrected chi connectivity index (χ2v) is 5.72. The number of ketones is 1. The zero-order valence-corrected chi connectivity index (χ0v) is 9.10. The van der Waals surface area contributed by atoms with Crippen LogP contribution in [0.25, 0.3) is 0 Å². The molecule has 0 radical (unpaired) electrons. The number of hydrogen-bond acceptors (Lipinski definition) is 3. The first-order valence-electron chi connectivity index (χ1n) is 3.91. The van der Waals surface area contributed by atoms with Crippen molar-refractivity contribution in [1.82, 2.24) is 0 Å². The molecule has 0 aliphatic rings. The van der Waals surface area contributed by atoms with Crippen molar-refractivity contribution >= 4 is 25.5 Å². The quantitative estimate of drug-likeness (QED) is 0.591. The van der Waals surface area contributed by atoms with E-state index in [0.29, 0.717) is 11.1 Å². The van der Waals surface area contributed by atoms with Crippen LogP contribution in [-0.2, 0) is 14.8 Å². The van der Waals surface area contributed by atoms with Gasteiger partial charge in [-0.25, -0.2) is 8.42 Å². The lowest BCUT2D eigenvalue weighted by Crippen LogP contribution is -1.98. The van der Waals surface area contributed by atoms with Crippen molar-refractivity contribution in [3.05, 3.63) is 35.4 Å². The van der Waals surface area contributed by atoms with E-state index in [9.17, 15) is 13.2 Å². The summed E-state index contributed by atoms with van der Waals surface area (Å²) in [5, 5.41) is 0. The zero-order valence-electron chi connectivity index (χ0n) is 7.53. The van der Waals surface area contributed by atoms with E-state index in [1.165, 1.54) is 13.0 Å². The van der Waals surface area contributed by atoms with Gasteiger partial charge in [0.2, 0.25) is 9.05 Å². The largest absolute Gasteiger partial charge is 0.295 e. The Bertz CT molecular complexity index is 451. The van der Waals surface area contributed by atoms with Gasteiger partial charge in [-0.15, -0.1) is 0 Å². The van der Waals surface area contributed by atoms with Crippen LogP contribution in [0.1, 0.15) is 22.8 Å². The number of halogens is 1. The zero-order chi connectivity index (χ0) is 10.8. The maximum Gasteiger partial charge on any atom is 0.236 e. The molecule has 0 N–H and O–H groups in total. The average molecular weight is 233 g/mol. The Kier molecular flexibility index (Phi) is 3.29. The van der Waals surface area contributed by atoms with E-state index in [4.69, 9.17) is 10.7 Å². The normalized spacial score (nSPS) is 11.3. The van der Waals surface area contributed by atoms with Crippen LogP contribution in [0.2, 0.25) is 0 Å². The van der Waals surface area contributed by atoms with Gasteiger partial charge in [0.15, 0.2) is 5.78 Å². The van der Waals surface area contributed by atoms with Gasteiger partial charge in [0.05, 0.1) is 5.75 Å². The van der Waals surface area contributed by atoms with E-state index < -0.39 is 9.05 Å². The summed E-state index contributed by atoms with van der Waals surface area (Å²) in [7, 11) is 1.53. The monoisotopic (exact) mass is 232 g/mol. The Balaban J connectivity index is 3.01. The smallest absolute Gasteiger partial charge is 0.236 e. The number of benzene rings is 1. The molecule has 76 valence electrons. The van der Waals surface area contributed by atoms with Gasteiger partial charge in [-0.3, -0.25) is 4.79 Å². The number of rotatable bonds is 3. The number of Topliss-reactive ketones (excluding diaryl/α,β-unsaturated/α-hetero) is 1. The van der Waals surface area contributed by atoms with Crippen molar-refractivity contribution in [2.24, 2.45) is 0 Å². The van der Waals surface area contributed by atoms with Gasteiger partial charge < -0.3 is 0 Å². The minimum atomic E-state index is -3.56. The Labute approximate surface area is 87.1 Å². The highest BCUT2D eigenvalue weighted by molar-refractivity contribution is 8.13. The second-order valence-electron chi connectivity index (χ2n) is 2.94. The van der Waals surface area contributed by atoms with E-state index in [1.807, 2.05) is 0 Å². The summed E-state index contributed by atoms with van der Waals surface area (Å²) in [6.45, 7) is 1.42. The van der Waals surface area contributed by atoms with Gasteiger partial charge in [-0.2, -0.15) is 0 Å². The number of carbonyl (C=O) groups is 1. The Hall–Kier alpha value is -0.870. The SMILES string of the molecule is CC(=O)c1cccc(CS(=O)(=O)Cl)c1. The molecular weight excluding hydrogens is 224 g/mol. The third-order valence-electron chi connectivity index (χ3n) is 1.67. The van der Waals surface area contributed by atoms with Crippen LogP contribution >= 0.6 is 10.7 Å². The molecule has 1 rings (SSSR count). The fraction of sp³-hybridized carbons (Fsp3) is 0.222. The molecule has 0 saturated carbocycles. The van der Waals surface area contributed by atoms with Crippen LogP contribution < -0.4 is 0 Å². The van der Waals surface area contributed by atoms with Crippen LogP contribution in [0, 0.1) is 0 Å². The van der Waals surface area contributed by atoms with Crippen LogP contribution in [0.3, 0.4) is 0 Å². The molecule has 0 aliphatic heterocycles. The minimum absolute atomic E-state index is 0.0983. The van der Waals surface area contributed by atoms with Gasteiger partial charge >= 0.3 is 0 Å². The summed E-state index contributed by atoms with van der Waals surface area (Å²) in [5.74, 6) is -0.353. The topological polar surface area (TPSA) is 51.2 Å². The molecule has 0 unspecified atom stereocenters. The third-order valence-corrected chi connectivity index (χ3v) is 2.68. The Morgan fingerprint density at radius 3 is 2.57 bits per heavy atom. The minimum Gasteiger partial charge on any atom is -0.295 e. The van der Waals surface area contributed by atoms with Gasteiger partial charge in [0.25, 0.3) is 0 Å². The standard InChI is InChI=1S/C9H9ClO3S/c1-7(11)9-4-2-3-8(5-9)6-14(10,12)13/h2-5H,6H2,1H3. The molecule has 0 bridgehead atoms. The number of carbonyl (C=O) groups excluding carboxylic acids is 1. The summed E-state index contributed by atoms with van der Waals surface area (Å²) in [4.78, 5) is 11.0. The number of hydrogen-bond donors (Lipinski definition) is 0. The predicted molar refractivity (Wildman–Crippen MR) is 54.9 cm³/mol. The highest BCUT2D eigenvalue weighted by Crippen LogP contribution is 2.12. The van der Waals surface area contributed by atoms with Crippen molar-refractivity contribution in [3.8, 4) is 0 Å². The van der Waals surface area contributed by atoms with Crippen molar-refractivity contribution in [1.29, 1.82) is 0 Å². The molecule has 1 aromatic rings. The molecule has 0 aromatic heterocycles. The van der Waals surface area contributed by atoms with Crippen LogP contribution in [0.15, 0.2) is 24.3 Å². The molecule has 14 heavy (non-hydrogen) atoms. The lowest BCUT2D eigenvalue weighted by molar-refractivity contribution is 0.101. The molecular formula is C9H9ClO3S. The molecule has 5 heteroatoms. The highest BCUT2D eigenvalue weighted by atomic mass is 35.7. The van der Waals surface area contributed by atoms with E-state index >= 15 is 0 Å². The summed E-state index contributed by atoms with van der Waals surface area (Å²) in [6.07, 6.45) is 0. The summed E-state index contributed by atoms with van der Waals surface area (Å²) in [6, 6.07) is 6.41. The molecule has 0 atom stereocenters. The molecule has 0 fully saturated rings. The van der Waals surface area contributed by atoms with E-state index in [0.717, 1.165) is 0 Å². The Morgan fingerprint density at radius 2 is 2.07 bits per heavy atom. The van der Waals surface area contributed by atoms with Crippen LogP contribution in [0.4, 0.5) is 0 Å². The van der Waals surface area contributed by atoms with Crippen LogP contribution in [0.5, 0.6) is 0 Å². The highest BCUT2D eigenvalue weighted by Gasteiger charge is 2.08. The summed E-state index contributed by atoms with van der Waals surface area (Å²) in [5.41, 5.74) is 1.01. The molecule has 3 nitrogen and oxygen atoms in total. The predicted octanol–water partition coefficient (Wildman–Crippen LogP) is 1.96. The first-order chi connectivity index (χ1) is 6.38. The Morgan fingerprint density at radius 1 is 1.43 bits per heavy atom. The average Bonchev–Trinajstić information content (AvgIpc) is 2.01. The molecule has 0 saturated heterocycles. The third kappa shape index (κ3) is 3.47. The molecule has 1 aromatic carbocycles. The van der Waals surface area contributed by atoms with Gasteiger partial charge in [0, 0.05) is 16.2 Å². The van der Waals surface area contributed by atoms with E-state index in [-0.39, 0.29) is 11.5 Å². The summed E-state index contributed by atoms with van der Waals surface area (Å²) >= 11 is 0. The second kappa shape index (κ2) is 4.11. The van der Waals surface area contributed by atoms with E-state index in [2.05, 4.69) is 0 Å². The van der Waals surface area contributed by atoms with Crippen molar-refractivity contribution in [2.45, 2.75) is 12.7 Å². The van der Waals surface area contributed by atoms with Gasteiger partial charge in [0.1, 0.15) is 0 Å². The maximum atomic E-state index is 11.0. The fourth-order valence-corrected chi connectivity index (χ4v) is 2.03.